The molecule has 0 aromatic heterocycles. The third kappa shape index (κ3) is 2.77. The van der Waals surface area contributed by atoms with E-state index >= 15 is 0 Å². The zero-order valence-electron chi connectivity index (χ0n) is 16.6. The predicted molar refractivity (Wildman–Crippen MR) is 131 cm³/mol. The van der Waals surface area contributed by atoms with Crippen LogP contribution in [0, 0.1) is 0 Å². The number of hydrogen-bond acceptors (Lipinski definition) is 0. The van der Waals surface area contributed by atoms with Crippen molar-refractivity contribution in [3.05, 3.63) is 127 Å². The molecular weight excluding hydrogens is 360 g/mol. The number of rotatable bonds is 2. The zero-order chi connectivity index (χ0) is 20.1. The summed E-state index contributed by atoms with van der Waals surface area (Å²) in [5, 5.41) is 10.1. The van der Waals surface area contributed by atoms with Gasteiger partial charge < -0.3 is 0 Å². The van der Waals surface area contributed by atoms with E-state index in [-0.39, 0.29) is 0 Å². The van der Waals surface area contributed by atoms with Gasteiger partial charge in [-0.05, 0) is 96.2 Å². The van der Waals surface area contributed by atoms with E-state index in [0.717, 1.165) is 16.7 Å². The van der Waals surface area contributed by atoms with Crippen molar-refractivity contribution in [2.45, 2.75) is 0 Å². The summed E-state index contributed by atoms with van der Waals surface area (Å²) in [6.45, 7) is 4.43. The smallest absolute Gasteiger partial charge is 0.0171 e. The molecule has 0 bridgehead atoms. The minimum Gasteiger partial charge on any atom is -0.0906 e. The molecule has 6 aromatic carbocycles. The quantitative estimate of drug-likeness (QED) is 0.265. The Morgan fingerprint density at radius 3 is 1.10 bits per heavy atom. The summed E-state index contributed by atoms with van der Waals surface area (Å²) in [6.07, 6.45) is 0. The molecule has 0 fully saturated rings. The highest BCUT2D eigenvalue weighted by atomic mass is 14.1. The summed E-state index contributed by atoms with van der Waals surface area (Å²) in [5.74, 6) is 0. The largest absolute Gasteiger partial charge is 0.0906 e. The second-order valence-electron chi connectivity index (χ2n) is 8.00. The second kappa shape index (κ2) is 6.57. The number of benzene rings is 6. The second-order valence-corrected chi connectivity index (χ2v) is 8.00. The molecule has 0 saturated heterocycles. The maximum Gasteiger partial charge on any atom is -0.0171 e. The van der Waals surface area contributed by atoms with E-state index in [1.807, 2.05) is 0 Å². The SMILES string of the molecule is C=C(c1ccc2cc3ccccc3cc2c1)c1ccc2cc3ccccc3cc2c1. The van der Waals surface area contributed by atoms with E-state index in [0.29, 0.717) is 0 Å². The molecule has 30 heavy (non-hydrogen) atoms. The zero-order valence-corrected chi connectivity index (χ0v) is 16.6. The van der Waals surface area contributed by atoms with Gasteiger partial charge in [0.1, 0.15) is 0 Å². The minimum atomic E-state index is 1.06. The van der Waals surface area contributed by atoms with Gasteiger partial charge in [0, 0.05) is 0 Å². The summed E-state index contributed by atoms with van der Waals surface area (Å²) >= 11 is 0. The van der Waals surface area contributed by atoms with Crippen molar-refractivity contribution in [3.8, 4) is 0 Å². The van der Waals surface area contributed by atoms with Crippen LogP contribution in [0.3, 0.4) is 0 Å². The van der Waals surface area contributed by atoms with Crippen LogP contribution in [0.5, 0.6) is 0 Å². The molecule has 0 nitrogen and oxygen atoms in total. The molecule has 6 rings (SSSR count). The van der Waals surface area contributed by atoms with Gasteiger partial charge in [0.25, 0.3) is 0 Å². The first-order valence-corrected chi connectivity index (χ1v) is 10.3. The van der Waals surface area contributed by atoms with E-state index in [9.17, 15) is 0 Å². The summed E-state index contributed by atoms with van der Waals surface area (Å²) in [5.41, 5.74) is 3.39. The van der Waals surface area contributed by atoms with Crippen molar-refractivity contribution in [3.63, 3.8) is 0 Å². The molecule has 0 radical (unpaired) electrons. The third-order valence-corrected chi connectivity index (χ3v) is 6.11. The van der Waals surface area contributed by atoms with Crippen molar-refractivity contribution < 1.29 is 0 Å². The van der Waals surface area contributed by atoms with Crippen molar-refractivity contribution in [1.82, 2.24) is 0 Å². The molecule has 0 spiro atoms. The van der Waals surface area contributed by atoms with Crippen LogP contribution >= 0.6 is 0 Å². The average Bonchev–Trinajstić information content (AvgIpc) is 2.80. The van der Waals surface area contributed by atoms with Crippen molar-refractivity contribution in [1.29, 1.82) is 0 Å². The Hall–Kier alpha value is -3.90. The van der Waals surface area contributed by atoms with Gasteiger partial charge in [0.2, 0.25) is 0 Å². The van der Waals surface area contributed by atoms with Crippen LogP contribution in [0.2, 0.25) is 0 Å². The molecule has 0 aliphatic carbocycles. The summed E-state index contributed by atoms with van der Waals surface area (Å²) < 4.78 is 0. The van der Waals surface area contributed by atoms with Crippen LogP contribution in [-0.4, -0.2) is 0 Å². The number of fused-ring (bicyclic) bond motifs is 4. The highest BCUT2D eigenvalue weighted by molar-refractivity contribution is 6.01. The standard InChI is InChI=1S/C30H20/c1-20(21-10-12-27-16-23-6-2-4-8-25(23)18-29(27)14-21)22-11-13-28-17-24-7-3-5-9-26(24)19-30(28)15-22/h2-19H,1H2. The topological polar surface area (TPSA) is 0 Å². The Bertz CT molecular complexity index is 1480. The van der Waals surface area contributed by atoms with Crippen LogP contribution in [0.4, 0.5) is 0 Å². The average molecular weight is 380 g/mol. The molecule has 6 aromatic rings. The molecule has 0 N–H and O–H groups in total. The minimum absolute atomic E-state index is 1.06. The summed E-state index contributed by atoms with van der Waals surface area (Å²) in [4.78, 5) is 0. The lowest BCUT2D eigenvalue weighted by Gasteiger charge is -2.11. The molecule has 0 aliphatic rings. The van der Waals surface area contributed by atoms with Gasteiger partial charge in [-0.2, -0.15) is 0 Å². The Morgan fingerprint density at radius 1 is 0.367 bits per heavy atom. The van der Waals surface area contributed by atoms with Crippen LogP contribution in [0.15, 0.2) is 116 Å². The van der Waals surface area contributed by atoms with Gasteiger partial charge in [-0.25, -0.2) is 0 Å². The van der Waals surface area contributed by atoms with E-state index in [2.05, 4.69) is 116 Å². The first-order valence-electron chi connectivity index (χ1n) is 10.3. The first kappa shape index (κ1) is 17.0. The van der Waals surface area contributed by atoms with E-state index in [4.69, 9.17) is 0 Å². The third-order valence-electron chi connectivity index (χ3n) is 6.11. The molecule has 0 heterocycles. The predicted octanol–water partition coefficient (Wildman–Crippen LogP) is 8.36. The summed E-state index contributed by atoms with van der Waals surface area (Å²) in [7, 11) is 0. The molecule has 0 atom stereocenters. The lowest BCUT2D eigenvalue weighted by Crippen LogP contribution is -1.88. The normalized spacial score (nSPS) is 11.5. The lowest BCUT2D eigenvalue weighted by molar-refractivity contribution is 1.61. The lowest BCUT2D eigenvalue weighted by atomic mass is 9.93. The maximum absolute atomic E-state index is 4.43. The van der Waals surface area contributed by atoms with Gasteiger partial charge in [-0.15, -0.1) is 0 Å². The van der Waals surface area contributed by atoms with Crippen molar-refractivity contribution in [2.75, 3.05) is 0 Å². The van der Waals surface area contributed by atoms with E-state index in [1.54, 1.807) is 0 Å². The highest BCUT2D eigenvalue weighted by Crippen LogP contribution is 2.31. The maximum atomic E-state index is 4.43. The molecule has 0 saturated carbocycles. The fourth-order valence-corrected chi connectivity index (χ4v) is 4.42. The molecule has 0 unspecified atom stereocenters. The molecule has 140 valence electrons. The number of hydrogen-bond donors (Lipinski definition) is 0. The molecule has 0 aliphatic heterocycles. The van der Waals surface area contributed by atoms with Gasteiger partial charge in [-0.1, -0.05) is 79.4 Å². The first-order chi connectivity index (χ1) is 14.7. The highest BCUT2D eigenvalue weighted by Gasteiger charge is 2.07. The van der Waals surface area contributed by atoms with Crippen LogP contribution < -0.4 is 0 Å². The van der Waals surface area contributed by atoms with Gasteiger partial charge in [0.05, 0.1) is 0 Å². The van der Waals surface area contributed by atoms with Crippen LogP contribution in [0.1, 0.15) is 11.1 Å². The van der Waals surface area contributed by atoms with E-state index < -0.39 is 0 Å². The van der Waals surface area contributed by atoms with Gasteiger partial charge in [-0.3, -0.25) is 0 Å². The van der Waals surface area contributed by atoms with Crippen LogP contribution in [-0.2, 0) is 0 Å². The van der Waals surface area contributed by atoms with Crippen molar-refractivity contribution in [2.24, 2.45) is 0 Å². The van der Waals surface area contributed by atoms with Crippen molar-refractivity contribution >= 4 is 48.7 Å². The Balaban J connectivity index is 1.45. The van der Waals surface area contributed by atoms with Gasteiger partial charge >= 0.3 is 0 Å². The Morgan fingerprint density at radius 2 is 0.700 bits per heavy atom. The molecule has 0 heteroatoms. The van der Waals surface area contributed by atoms with Gasteiger partial charge in [0.15, 0.2) is 0 Å². The van der Waals surface area contributed by atoms with E-state index in [1.165, 1.54) is 43.1 Å². The fourth-order valence-electron chi connectivity index (χ4n) is 4.42. The fraction of sp³-hybridized carbons (Fsp3) is 0. The van der Waals surface area contributed by atoms with Crippen LogP contribution in [0.25, 0.3) is 48.7 Å². The summed E-state index contributed by atoms with van der Waals surface area (Å²) in [6, 6.07) is 39.4. The Kier molecular flexibility index (Phi) is 3.72. The Labute approximate surface area is 175 Å². The molecular formula is C30H20. The molecule has 0 amide bonds. The monoisotopic (exact) mass is 380 g/mol.